The van der Waals surface area contributed by atoms with Gasteiger partial charge in [-0.05, 0) is 31.7 Å². The van der Waals surface area contributed by atoms with E-state index in [-0.39, 0.29) is 5.82 Å². The van der Waals surface area contributed by atoms with Crippen LogP contribution in [-0.4, -0.2) is 17.1 Å². The number of aromatic nitrogens is 1. The standard InChI is InChI=1S/C13H16FN3O/c1-9-5-12(16-18-9)8-17(2)7-10-3-4-11(14)6-13(10)15/h3-6H,7-8,15H2,1-2H3. The lowest BCUT2D eigenvalue weighted by molar-refractivity contribution is 0.302. The molecular formula is C13H16FN3O. The molecule has 1 aromatic carbocycles. The molecule has 0 amide bonds. The molecule has 1 aromatic heterocycles. The summed E-state index contributed by atoms with van der Waals surface area (Å²) in [6, 6.07) is 6.35. The van der Waals surface area contributed by atoms with E-state index in [1.165, 1.54) is 12.1 Å². The molecule has 96 valence electrons. The fourth-order valence-corrected chi connectivity index (χ4v) is 1.83. The first-order chi connectivity index (χ1) is 8.54. The zero-order valence-electron chi connectivity index (χ0n) is 10.5. The second kappa shape index (κ2) is 5.18. The predicted molar refractivity (Wildman–Crippen MR) is 67.2 cm³/mol. The summed E-state index contributed by atoms with van der Waals surface area (Å²) in [7, 11) is 1.95. The van der Waals surface area contributed by atoms with Crippen molar-refractivity contribution in [3.8, 4) is 0 Å². The Bertz CT molecular complexity index is 539. The van der Waals surface area contributed by atoms with Gasteiger partial charge in [-0.25, -0.2) is 4.39 Å². The first-order valence-electron chi connectivity index (χ1n) is 5.69. The molecule has 18 heavy (non-hydrogen) atoms. The van der Waals surface area contributed by atoms with Crippen molar-refractivity contribution < 1.29 is 8.91 Å². The van der Waals surface area contributed by atoms with Crippen LogP contribution in [0.1, 0.15) is 17.0 Å². The van der Waals surface area contributed by atoms with Crippen LogP contribution in [0.4, 0.5) is 10.1 Å². The molecule has 0 radical (unpaired) electrons. The molecule has 0 bridgehead atoms. The fraction of sp³-hybridized carbons (Fsp3) is 0.308. The molecule has 5 heteroatoms. The van der Waals surface area contributed by atoms with E-state index >= 15 is 0 Å². The second-order valence-corrected chi connectivity index (χ2v) is 4.44. The van der Waals surface area contributed by atoms with Gasteiger partial charge in [0, 0.05) is 24.8 Å². The van der Waals surface area contributed by atoms with Gasteiger partial charge in [-0.2, -0.15) is 0 Å². The summed E-state index contributed by atoms with van der Waals surface area (Å²) in [5.41, 5.74) is 8.01. The Hall–Kier alpha value is -1.88. The average Bonchev–Trinajstić information content (AvgIpc) is 2.68. The van der Waals surface area contributed by atoms with Crippen molar-refractivity contribution in [2.24, 2.45) is 0 Å². The van der Waals surface area contributed by atoms with Crippen LogP contribution >= 0.6 is 0 Å². The molecule has 2 rings (SSSR count). The number of hydrogen-bond acceptors (Lipinski definition) is 4. The van der Waals surface area contributed by atoms with Gasteiger partial charge >= 0.3 is 0 Å². The van der Waals surface area contributed by atoms with Gasteiger partial charge in [0.05, 0.1) is 5.69 Å². The smallest absolute Gasteiger partial charge is 0.133 e. The number of nitrogens with two attached hydrogens (primary N) is 1. The summed E-state index contributed by atoms with van der Waals surface area (Å²) >= 11 is 0. The van der Waals surface area contributed by atoms with Crippen LogP contribution in [0.3, 0.4) is 0 Å². The van der Waals surface area contributed by atoms with E-state index in [1.54, 1.807) is 6.07 Å². The average molecular weight is 249 g/mol. The molecule has 0 saturated carbocycles. The highest BCUT2D eigenvalue weighted by molar-refractivity contribution is 5.46. The number of anilines is 1. The second-order valence-electron chi connectivity index (χ2n) is 4.44. The van der Waals surface area contributed by atoms with Gasteiger partial charge in [-0.3, -0.25) is 4.90 Å². The number of nitrogen functional groups attached to an aromatic ring is 1. The van der Waals surface area contributed by atoms with Gasteiger partial charge < -0.3 is 10.3 Å². The highest BCUT2D eigenvalue weighted by Crippen LogP contribution is 2.16. The molecule has 0 spiro atoms. The molecule has 0 atom stereocenters. The summed E-state index contributed by atoms with van der Waals surface area (Å²) in [4.78, 5) is 2.04. The Kier molecular flexibility index (Phi) is 3.62. The zero-order valence-corrected chi connectivity index (χ0v) is 10.5. The fourth-order valence-electron chi connectivity index (χ4n) is 1.83. The summed E-state index contributed by atoms with van der Waals surface area (Å²) in [5, 5.41) is 3.93. The molecule has 0 fully saturated rings. The highest BCUT2D eigenvalue weighted by atomic mass is 19.1. The number of nitrogens with zero attached hydrogens (tertiary/aromatic N) is 2. The lowest BCUT2D eigenvalue weighted by Crippen LogP contribution is -2.18. The summed E-state index contributed by atoms with van der Waals surface area (Å²) in [6.07, 6.45) is 0. The van der Waals surface area contributed by atoms with E-state index in [4.69, 9.17) is 10.3 Å². The maximum absolute atomic E-state index is 12.9. The van der Waals surface area contributed by atoms with Crippen LogP contribution in [0, 0.1) is 12.7 Å². The SMILES string of the molecule is Cc1cc(CN(C)Cc2ccc(F)cc2N)no1. The van der Waals surface area contributed by atoms with Crippen LogP contribution < -0.4 is 5.73 Å². The molecule has 1 heterocycles. The van der Waals surface area contributed by atoms with Crippen LogP contribution in [-0.2, 0) is 13.1 Å². The number of aryl methyl sites for hydroxylation is 1. The van der Waals surface area contributed by atoms with Crippen molar-refractivity contribution in [2.45, 2.75) is 20.0 Å². The molecule has 0 aliphatic heterocycles. The van der Waals surface area contributed by atoms with E-state index in [2.05, 4.69) is 5.16 Å². The van der Waals surface area contributed by atoms with Gasteiger partial charge in [0.15, 0.2) is 0 Å². The Morgan fingerprint density at radius 3 is 2.72 bits per heavy atom. The first kappa shape index (κ1) is 12.6. The van der Waals surface area contributed by atoms with Crippen molar-refractivity contribution in [2.75, 3.05) is 12.8 Å². The number of benzene rings is 1. The lowest BCUT2D eigenvalue weighted by atomic mass is 10.1. The van der Waals surface area contributed by atoms with E-state index in [0.717, 1.165) is 17.0 Å². The lowest BCUT2D eigenvalue weighted by Gasteiger charge is -2.16. The van der Waals surface area contributed by atoms with Crippen molar-refractivity contribution in [3.63, 3.8) is 0 Å². The largest absolute Gasteiger partial charge is 0.398 e. The summed E-state index contributed by atoms with van der Waals surface area (Å²) in [5.74, 6) is 0.478. The number of rotatable bonds is 4. The Morgan fingerprint density at radius 2 is 2.11 bits per heavy atom. The molecule has 0 unspecified atom stereocenters. The van der Waals surface area contributed by atoms with E-state index in [0.29, 0.717) is 18.8 Å². The minimum atomic E-state index is -0.314. The number of halogens is 1. The quantitative estimate of drug-likeness (QED) is 0.845. The highest BCUT2D eigenvalue weighted by Gasteiger charge is 2.08. The maximum Gasteiger partial charge on any atom is 0.133 e. The molecular weight excluding hydrogens is 233 g/mol. The molecule has 0 aliphatic rings. The Morgan fingerprint density at radius 1 is 1.33 bits per heavy atom. The van der Waals surface area contributed by atoms with Crippen molar-refractivity contribution >= 4 is 5.69 Å². The normalized spacial score (nSPS) is 11.1. The molecule has 2 N–H and O–H groups in total. The van der Waals surface area contributed by atoms with Crippen molar-refractivity contribution in [1.29, 1.82) is 0 Å². The molecule has 2 aromatic rings. The summed E-state index contributed by atoms with van der Waals surface area (Å²) < 4.78 is 17.9. The third kappa shape index (κ3) is 3.07. The van der Waals surface area contributed by atoms with E-state index in [9.17, 15) is 4.39 Å². The van der Waals surface area contributed by atoms with Gasteiger partial charge in [-0.15, -0.1) is 0 Å². The predicted octanol–water partition coefficient (Wildman–Crippen LogP) is 2.34. The van der Waals surface area contributed by atoms with E-state index in [1.807, 2.05) is 24.9 Å². The Labute approximate surface area is 105 Å². The third-order valence-electron chi connectivity index (χ3n) is 2.66. The summed E-state index contributed by atoms with van der Waals surface area (Å²) in [6.45, 7) is 3.15. The van der Waals surface area contributed by atoms with Crippen molar-refractivity contribution in [1.82, 2.24) is 10.1 Å². The Balaban J connectivity index is 2.00. The third-order valence-corrected chi connectivity index (χ3v) is 2.66. The minimum absolute atomic E-state index is 0.314. The minimum Gasteiger partial charge on any atom is -0.398 e. The number of hydrogen-bond donors (Lipinski definition) is 1. The van der Waals surface area contributed by atoms with Crippen LogP contribution in [0.5, 0.6) is 0 Å². The molecule has 0 aliphatic carbocycles. The van der Waals surface area contributed by atoms with Gasteiger partial charge in [0.25, 0.3) is 0 Å². The first-order valence-corrected chi connectivity index (χ1v) is 5.69. The van der Waals surface area contributed by atoms with Gasteiger partial charge in [0.2, 0.25) is 0 Å². The van der Waals surface area contributed by atoms with Crippen molar-refractivity contribution in [3.05, 3.63) is 47.1 Å². The molecule has 0 saturated heterocycles. The molecule has 4 nitrogen and oxygen atoms in total. The zero-order chi connectivity index (χ0) is 13.1. The topological polar surface area (TPSA) is 55.3 Å². The monoisotopic (exact) mass is 249 g/mol. The van der Waals surface area contributed by atoms with E-state index < -0.39 is 0 Å². The van der Waals surface area contributed by atoms with Crippen LogP contribution in [0.25, 0.3) is 0 Å². The van der Waals surface area contributed by atoms with Gasteiger partial charge in [0.1, 0.15) is 11.6 Å². The maximum atomic E-state index is 12.9. The van der Waals surface area contributed by atoms with Crippen LogP contribution in [0.2, 0.25) is 0 Å². The van der Waals surface area contributed by atoms with Crippen LogP contribution in [0.15, 0.2) is 28.8 Å². The van der Waals surface area contributed by atoms with Gasteiger partial charge in [-0.1, -0.05) is 11.2 Å².